The summed E-state index contributed by atoms with van der Waals surface area (Å²) in [7, 11) is 0. The van der Waals surface area contributed by atoms with Crippen LogP contribution in [-0.4, -0.2) is 0 Å². The van der Waals surface area contributed by atoms with E-state index in [0.29, 0.717) is 0 Å². The summed E-state index contributed by atoms with van der Waals surface area (Å²) in [5.74, 6) is 0.883. The maximum Gasteiger partial charge on any atom is 0.136 e. The van der Waals surface area contributed by atoms with E-state index in [1.807, 2.05) is 12.1 Å². The minimum atomic E-state index is 0.883. The Kier molecular flexibility index (Phi) is 4.89. The second-order valence-electron chi connectivity index (χ2n) is 10.1. The SMILES string of the molecule is c1ccc(-c2c(-c3cccc4ccccc34)ccc3cc4ccccc4cc23)c(-c2cc3ccccc3o2)c1. The van der Waals surface area contributed by atoms with E-state index in [1.165, 1.54) is 54.6 Å². The van der Waals surface area contributed by atoms with Crippen LogP contribution < -0.4 is 0 Å². The number of benzene rings is 7. The average Bonchev–Trinajstić information content (AvgIpc) is 3.44. The lowest BCUT2D eigenvalue weighted by Crippen LogP contribution is -1.92. The van der Waals surface area contributed by atoms with E-state index in [9.17, 15) is 0 Å². The first-order valence-corrected chi connectivity index (χ1v) is 13.4. The molecule has 0 bridgehead atoms. The van der Waals surface area contributed by atoms with Crippen LogP contribution in [-0.2, 0) is 0 Å². The summed E-state index contributed by atoms with van der Waals surface area (Å²) >= 11 is 0. The maximum absolute atomic E-state index is 6.41. The van der Waals surface area contributed by atoms with E-state index >= 15 is 0 Å². The number of hydrogen-bond acceptors (Lipinski definition) is 1. The van der Waals surface area contributed by atoms with Gasteiger partial charge in [0.15, 0.2) is 0 Å². The highest BCUT2D eigenvalue weighted by molar-refractivity contribution is 6.13. The normalized spacial score (nSPS) is 11.6. The minimum absolute atomic E-state index is 0.883. The summed E-state index contributed by atoms with van der Waals surface area (Å²) in [5, 5.41) is 8.56. The van der Waals surface area contributed by atoms with Crippen LogP contribution in [0.2, 0.25) is 0 Å². The van der Waals surface area contributed by atoms with E-state index in [0.717, 1.165) is 22.3 Å². The number of para-hydroxylation sites is 1. The van der Waals surface area contributed by atoms with E-state index in [-0.39, 0.29) is 0 Å². The molecular formula is C38H24O. The van der Waals surface area contributed by atoms with Crippen LogP contribution in [0.5, 0.6) is 0 Å². The summed E-state index contributed by atoms with van der Waals surface area (Å²) in [6, 6.07) is 52.1. The molecule has 1 aromatic heterocycles. The van der Waals surface area contributed by atoms with E-state index in [2.05, 4.69) is 133 Å². The molecule has 0 radical (unpaired) electrons. The van der Waals surface area contributed by atoms with Crippen molar-refractivity contribution < 1.29 is 4.42 Å². The van der Waals surface area contributed by atoms with Crippen LogP contribution in [0.25, 0.3) is 76.9 Å². The molecule has 0 aliphatic carbocycles. The third kappa shape index (κ3) is 3.55. The van der Waals surface area contributed by atoms with Crippen molar-refractivity contribution in [2.75, 3.05) is 0 Å². The number of hydrogen-bond donors (Lipinski definition) is 0. The monoisotopic (exact) mass is 496 g/mol. The van der Waals surface area contributed by atoms with Crippen molar-refractivity contribution >= 4 is 43.3 Å². The molecule has 0 saturated carbocycles. The second kappa shape index (κ2) is 8.72. The fourth-order valence-electron chi connectivity index (χ4n) is 6.02. The van der Waals surface area contributed by atoms with E-state index in [1.54, 1.807) is 0 Å². The zero-order valence-electron chi connectivity index (χ0n) is 21.3. The highest BCUT2D eigenvalue weighted by atomic mass is 16.3. The van der Waals surface area contributed by atoms with Gasteiger partial charge in [0.1, 0.15) is 11.3 Å². The van der Waals surface area contributed by atoms with Crippen LogP contribution in [0.4, 0.5) is 0 Å². The van der Waals surface area contributed by atoms with E-state index in [4.69, 9.17) is 4.42 Å². The smallest absolute Gasteiger partial charge is 0.136 e. The predicted octanol–water partition coefficient (Wildman–Crippen LogP) is 10.9. The van der Waals surface area contributed by atoms with Crippen molar-refractivity contribution in [2.24, 2.45) is 0 Å². The molecule has 0 saturated heterocycles. The molecule has 0 aliphatic rings. The van der Waals surface area contributed by atoms with Crippen LogP contribution in [0.1, 0.15) is 0 Å². The van der Waals surface area contributed by atoms with Crippen molar-refractivity contribution in [3.63, 3.8) is 0 Å². The Labute approximate surface area is 226 Å². The molecule has 39 heavy (non-hydrogen) atoms. The first-order valence-electron chi connectivity index (χ1n) is 13.4. The lowest BCUT2D eigenvalue weighted by molar-refractivity contribution is 0.632. The van der Waals surface area contributed by atoms with Crippen molar-refractivity contribution in [1.29, 1.82) is 0 Å². The molecule has 7 aromatic carbocycles. The first kappa shape index (κ1) is 21.9. The highest BCUT2D eigenvalue weighted by Crippen LogP contribution is 2.45. The predicted molar refractivity (Wildman–Crippen MR) is 165 cm³/mol. The van der Waals surface area contributed by atoms with Gasteiger partial charge in [0, 0.05) is 10.9 Å². The van der Waals surface area contributed by atoms with Crippen molar-refractivity contribution in [3.05, 3.63) is 146 Å². The summed E-state index contributed by atoms with van der Waals surface area (Å²) < 4.78 is 6.41. The molecule has 0 unspecified atom stereocenters. The van der Waals surface area contributed by atoms with Gasteiger partial charge in [-0.2, -0.15) is 0 Å². The second-order valence-corrected chi connectivity index (χ2v) is 10.1. The minimum Gasteiger partial charge on any atom is -0.456 e. The Morgan fingerprint density at radius 3 is 1.82 bits per heavy atom. The van der Waals surface area contributed by atoms with Gasteiger partial charge in [-0.05, 0) is 78.8 Å². The topological polar surface area (TPSA) is 13.1 Å². The molecule has 0 N–H and O–H groups in total. The Hall–Kier alpha value is -5.14. The Morgan fingerprint density at radius 1 is 0.333 bits per heavy atom. The van der Waals surface area contributed by atoms with Gasteiger partial charge < -0.3 is 4.42 Å². The summed E-state index contributed by atoms with van der Waals surface area (Å²) in [6.07, 6.45) is 0. The quantitative estimate of drug-likeness (QED) is 0.222. The zero-order chi connectivity index (χ0) is 25.8. The Morgan fingerprint density at radius 2 is 0.974 bits per heavy atom. The summed E-state index contributed by atoms with van der Waals surface area (Å²) in [6.45, 7) is 0. The van der Waals surface area contributed by atoms with E-state index < -0.39 is 0 Å². The van der Waals surface area contributed by atoms with Gasteiger partial charge >= 0.3 is 0 Å². The highest BCUT2D eigenvalue weighted by Gasteiger charge is 2.19. The fourth-order valence-corrected chi connectivity index (χ4v) is 6.02. The zero-order valence-corrected chi connectivity index (χ0v) is 21.3. The van der Waals surface area contributed by atoms with Crippen molar-refractivity contribution in [2.45, 2.75) is 0 Å². The lowest BCUT2D eigenvalue weighted by Gasteiger charge is -2.18. The number of fused-ring (bicyclic) bond motifs is 4. The lowest BCUT2D eigenvalue weighted by atomic mass is 9.85. The van der Waals surface area contributed by atoms with Crippen LogP contribution in [0.15, 0.2) is 150 Å². The Bertz CT molecular complexity index is 2140. The Balaban J connectivity index is 1.50. The molecule has 182 valence electrons. The average molecular weight is 497 g/mol. The van der Waals surface area contributed by atoms with Gasteiger partial charge in [-0.25, -0.2) is 0 Å². The van der Waals surface area contributed by atoms with Crippen molar-refractivity contribution in [1.82, 2.24) is 0 Å². The molecule has 0 amide bonds. The molecule has 0 fully saturated rings. The van der Waals surface area contributed by atoms with Crippen LogP contribution >= 0.6 is 0 Å². The van der Waals surface area contributed by atoms with Gasteiger partial charge in [0.2, 0.25) is 0 Å². The summed E-state index contributed by atoms with van der Waals surface area (Å²) in [4.78, 5) is 0. The fraction of sp³-hybridized carbons (Fsp3) is 0. The third-order valence-corrected chi connectivity index (χ3v) is 7.85. The molecule has 0 aliphatic heterocycles. The van der Waals surface area contributed by atoms with Crippen LogP contribution in [0.3, 0.4) is 0 Å². The van der Waals surface area contributed by atoms with Crippen molar-refractivity contribution in [3.8, 4) is 33.6 Å². The molecule has 0 atom stereocenters. The van der Waals surface area contributed by atoms with Gasteiger partial charge in [0.05, 0.1) is 0 Å². The first-order chi connectivity index (χ1) is 19.3. The maximum atomic E-state index is 6.41. The van der Waals surface area contributed by atoms with Gasteiger partial charge in [-0.15, -0.1) is 0 Å². The summed E-state index contributed by atoms with van der Waals surface area (Å²) in [5.41, 5.74) is 6.85. The molecule has 1 heteroatoms. The van der Waals surface area contributed by atoms with Crippen LogP contribution in [0, 0.1) is 0 Å². The largest absolute Gasteiger partial charge is 0.456 e. The molecule has 1 heterocycles. The van der Waals surface area contributed by atoms with Gasteiger partial charge in [0.25, 0.3) is 0 Å². The number of furan rings is 1. The molecule has 8 rings (SSSR count). The molecule has 1 nitrogen and oxygen atoms in total. The van der Waals surface area contributed by atoms with Gasteiger partial charge in [-0.1, -0.05) is 121 Å². The standard InChI is InChI=1S/C38H24O/c1-2-12-27-23-35-28(22-26(27)11-1)20-21-34(31-18-9-14-25-10-3-5-15-30(25)31)38(35)33-17-7-6-16-32(33)37-24-29-13-4-8-19-36(29)39-37/h1-24H. The molecule has 8 aromatic rings. The van der Waals surface area contributed by atoms with Gasteiger partial charge in [-0.3, -0.25) is 0 Å². The third-order valence-electron chi connectivity index (χ3n) is 7.85. The molecule has 0 spiro atoms. The molecular weight excluding hydrogens is 472 g/mol. The number of rotatable bonds is 3.